The Kier molecular flexibility index (Phi) is 5.79. The summed E-state index contributed by atoms with van der Waals surface area (Å²) in [5.74, 6) is 0.794. The number of methoxy groups -OCH3 is 1. The lowest BCUT2D eigenvalue weighted by Crippen LogP contribution is -2.24. The highest BCUT2D eigenvalue weighted by Gasteiger charge is 2.10. The summed E-state index contributed by atoms with van der Waals surface area (Å²) in [5, 5.41) is 13.6. The van der Waals surface area contributed by atoms with Crippen molar-refractivity contribution in [3.8, 4) is 5.75 Å². The number of hydrogen-bond donors (Lipinski definition) is 2. The molecule has 2 atom stereocenters. The van der Waals surface area contributed by atoms with Gasteiger partial charge in [0, 0.05) is 17.1 Å². The van der Waals surface area contributed by atoms with E-state index in [9.17, 15) is 5.11 Å². The molecule has 0 aliphatic heterocycles. The van der Waals surface area contributed by atoms with Crippen molar-refractivity contribution in [2.75, 3.05) is 13.7 Å². The highest BCUT2D eigenvalue weighted by Crippen LogP contribution is 2.19. The molecule has 2 rings (SSSR count). The van der Waals surface area contributed by atoms with Gasteiger partial charge in [-0.05, 0) is 42.3 Å². The van der Waals surface area contributed by atoms with Crippen LogP contribution in [0.3, 0.4) is 0 Å². The number of nitrogens with one attached hydrogen (secondary N) is 1. The summed E-state index contributed by atoms with van der Waals surface area (Å²) in [5.41, 5.74) is 2.08. The van der Waals surface area contributed by atoms with Crippen molar-refractivity contribution < 1.29 is 9.84 Å². The van der Waals surface area contributed by atoms with Crippen LogP contribution in [0, 0.1) is 0 Å². The third-order valence-electron chi connectivity index (χ3n) is 3.49. The minimum atomic E-state index is -0.534. The minimum absolute atomic E-state index is 0.186. The van der Waals surface area contributed by atoms with Gasteiger partial charge in [-0.3, -0.25) is 0 Å². The van der Waals surface area contributed by atoms with Gasteiger partial charge in [0.1, 0.15) is 5.75 Å². The van der Waals surface area contributed by atoms with E-state index in [4.69, 9.17) is 4.74 Å². The smallest absolute Gasteiger partial charge is 0.118 e. The highest BCUT2D eigenvalue weighted by atomic mass is 79.9. The molecule has 0 fully saturated rings. The predicted molar refractivity (Wildman–Crippen MR) is 88.5 cm³/mol. The highest BCUT2D eigenvalue weighted by molar-refractivity contribution is 9.10. The molecule has 0 aromatic heterocycles. The Balaban J connectivity index is 1.90. The van der Waals surface area contributed by atoms with Gasteiger partial charge in [-0.2, -0.15) is 0 Å². The van der Waals surface area contributed by atoms with Gasteiger partial charge in [0.05, 0.1) is 13.2 Å². The molecule has 0 spiro atoms. The van der Waals surface area contributed by atoms with E-state index in [-0.39, 0.29) is 6.04 Å². The molecule has 1 unspecified atom stereocenters. The fraction of sp³-hybridized carbons (Fsp3) is 0.294. The van der Waals surface area contributed by atoms with Gasteiger partial charge in [-0.25, -0.2) is 0 Å². The summed E-state index contributed by atoms with van der Waals surface area (Å²) in [7, 11) is 1.63. The number of halogens is 1. The van der Waals surface area contributed by atoms with Crippen LogP contribution in [-0.2, 0) is 0 Å². The Morgan fingerprint density at radius 3 is 2.19 bits per heavy atom. The summed E-state index contributed by atoms with van der Waals surface area (Å²) in [6.45, 7) is 2.59. The fourth-order valence-electron chi connectivity index (χ4n) is 2.10. The summed E-state index contributed by atoms with van der Waals surface area (Å²) < 4.78 is 6.18. The Morgan fingerprint density at radius 2 is 1.62 bits per heavy atom. The average Bonchev–Trinajstić information content (AvgIpc) is 2.53. The van der Waals surface area contributed by atoms with E-state index < -0.39 is 6.10 Å². The fourth-order valence-corrected chi connectivity index (χ4v) is 2.37. The van der Waals surface area contributed by atoms with Gasteiger partial charge in [0.25, 0.3) is 0 Å². The molecule has 0 saturated heterocycles. The molecule has 2 N–H and O–H groups in total. The van der Waals surface area contributed by atoms with Crippen LogP contribution in [0.25, 0.3) is 0 Å². The number of rotatable bonds is 6. The lowest BCUT2D eigenvalue weighted by molar-refractivity contribution is 0.170. The summed E-state index contributed by atoms with van der Waals surface area (Å²) in [6, 6.07) is 15.9. The molecule has 0 radical (unpaired) electrons. The Labute approximate surface area is 134 Å². The van der Waals surface area contributed by atoms with Crippen molar-refractivity contribution >= 4 is 15.9 Å². The molecule has 2 aromatic carbocycles. The van der Waals surface area contributed by atoms with Gasteiger partial charge in [0.2, 0.25) is 0 Å². The molecular weight excluding hydrogens is 330 g/mol. The van der Waals surface area contributed by atoms with Crippen LogP contribution in [0.4, 0.5) is 0 Å². The van der Waals surface area contributed by atoms with Crippen LogP contribution in [0.1, 0.15) is 30.2 Å². The third kappa shape index (κ3) is 4.56. The van der Waals surface area contributed by atoms with Gasteiger partial charge in [-0.1, -0.05) is 40.2 Å². The summed E-state index contributed by atoms with van der Waals surface area (Å²) in [4.78, 5) is 0. The second kappa shape index (κ2) is 7.59. The van der Waals surface area contributed by atoms with E-state index >= 15 is 0 Å². The van der Waals surface area contributed by atoms with Crippen LogP contribution >= 0.6 is 15.9 Å². The molecule has 4 heteroatoms. The van der Waals surface area contributed by atoms with E-state index in [1.54, 1.807) is 7.11 Å². The maximum absolute atomic E-state index is 10.2. The van der Waals surface area contributed by atoms with Crippen LogP contribution < -0.4 is 10.1 Å². The maximum atomic E-state index is 10.2. The topological polar surface area (TPSA) is 41.5 Å². The van der Waals surface area contributed by atoms with Gasteiger partial charge >= 0.3 is 0 Å². The number of benzene rings is 2. The predicted octanol–water partition coefficient (Wildman–Crippen LogP) is 3.84. The van der Waals surface area contributed by atoms with Crippen LogP contribution in [0.2, 0.25) is 0 Å². The standard InChI is InChI=1S/C17H20BrNO2/c1-12(13-3-7-15(18)8-4-13)19-11-17(20)14-5-9-16(21-2)10-6-14/h3-10,12,17,19-20H,11H2,1-2H3/t12-,17?/m1/s1. The van der Waals surface area contributed by atoms with E-state index in [0.717, 1.165) is 15.8 Å². The first-order valence-electron chi connectivity index (χ1n) is 6.91. The lowest BCUT2D eigenvalue weighted by Gasteiger charge is -2.18. The van der Waals surface area contributed by atoms with Crippen molar-refractivity contribution in [3.05, 3.63) is 64.1 Å². The van der Waals surface area contributed by atoms with Crippen molar-refractivity contribution in [1.29, 1.82) is 0 Å². The second-order valence-corrected chi connectivity index (χ2v) is 5.89. The van der Waals surface area contributed by atoms with E-state index in [1.165, 1.54) is 5.56 Å². The molecule has 0 heterocycles. The van der Waals surface area contributed by atoms with Gasteiger partial charge < -0.3 is 15.2 Å². The average molecular weight is 350 g/mol. The summed E-state index contributed by atoms with van der Waals surface area (Å²) in [6.07, 6.45) is -0.534. The second-order valence-electron chi connectivity index (χ2n) is 4.97. The molecule has 0 aliphatic rings. The molecule has 0 aliphatic carbocycles. The molecule has 21 heavy (non-hydrogen) atoms. The minimum Gasteiger partial charge on any atom is -0.497 e. The quantitative estimate of drug-likeness (QED) is 0.832. The molecule has 112 valence electrons. The van der Waals surface area contributed by atoms with Crippen LogP contribution in [-0.4, -0.2) is 18.8 Å². The zero-order chi connectivity index (χ0) is 15.2. The lowest BCUT2D eigenvalue weighted by atomic mass is 10.1. The van der Waals surface area contributed by atoms with Gasteiger partial charge in [-0.15, -0.1) is 0 Å². The van der Waals surface area contributed by atoms with Crippen molar-refractivity contribution in [2.45, 2.75) is 19.1 Å². The number of ether oxygens (including phenoxy) is 1. The van der Waals surface area contributed by atoms with Crippen molar-refractivity contribution in [2.24, 2.45) is 0 Å². The zero-order valence-corrected chi connectivity index (χ0v) is 13.8. The number of aliphatic hydroxyl groups excluding tert-OH is 1. The van der Waals surface area contributed by atoms with Crippen LogP contribution in [0.5, 0.6) is 5.75 Å². The third-order valence-corrected chi connectivity index (χ3v) is 4.02. The van der Waals surface area contributed by atoms with E-state index in [1.807, 2.05) is 36.4 Å². The van der Waals surface area contributed by atoms with Crippen molar-refractivity contribution in [1.82, 2.24) is 5.32 Å². The Morgan fingerprint density at radius 1 is 1.05 bits per heavy atom. The normalized spacial score (nSPS) is 13.7. The molecular formula is C17H20BrNO2. The largest absolute Gasteiger partial charge is 0.497 e. The van der Waals surface area contributed by atoms with E-state index in [0.29, 0.717) is 6.54 Å². The first kappa shape index (κ1) is 16.0. The number of hydrogen-bond acceptors (Lipinski definition) is 3. The molecule has 0 amide bonds. The molecule has 2 aromatic rings. The van der Waals surface area contributed by atoms with E-state index in [2.05, 4.69) is 40.3 Å². The SMILES string of the molecule is COc1ccc(C(O)CN[C@H](C)c2ccc(Br)cc2)cc1. The Bertz CT molecular complexity index is 554. The summed E-state index contributed by atoms with van der Waals surface area (Å²) >= 11 is 3.43. The number of aliphatic hydroxyl groups is 1. The zero-order valence-electron chi connectivity index (χ0n) is 12.2. The first-order chi connectivity index (χ1) is 10.1. The maximum Gasteiger partial charge on any atom is 0.118 e. The molecule has 0 saturated carbocycles. The van der Waals surface area contributed by atoms with Crippen LogP contribution in [0.15, 0.2) is 53.0 Å². The molecule has 3 nitrogen and oxygen atoms in total. The Hall–Kier alpha value is -1.36. The van der Waals surface area contributed by atoms with Gasteiger partial charge in [0.15, 0.2) is 0 Å². The first-order valence-corrected chi connectivity index (χ1v) is 7.70. The van der Waals surface area contributed by atoms with Crippen molar-refractivity contribution in [3.63, 3.8) is 0 Å². The monoisotopic (exact) mass is 349 g/mol. The molecule has 0 bridgehead atoms.